The summed E-state index contributed by atoms with van der Waals surface area (Å²) in [5, 5.41) is 0.653. The second-order valence-electron chi connectivity index (χ2n) is 7.50. The van der Waals surface area contributed by atoms with Crippen molar-refractivity contribution in [1.29, 1.82) is 0 Å². The van der Waals surface area contributed by atoms with Crippen LogP contribution in [-0.2, 0) is 4.79 Å². The molecule has 3 nitrogen and oxygen atoms in total. The highest BCUT2D eigenvalue weighted by molar-refractivity contribution is 6.30. The maximum atomic E-state index is 13.0. The number of carbonyl (C=O) groups is 2. The van der Waals surface area contributed by atoms with Crippen LogP contribution in [0.2, 0.25) is 5.02 Å². The summed E-state index contributed by atoms with van der Waals surface area (Å²) >= 11 is 6.00. The fourth-order valence-corrected chi connectivity index (χ4v) is 3.90. The molecule has 3 rings (SSSR count). The molecule has 0 N–H and O–H groups in total. The number of hydrogen-bond donors (Lipinski definition) is 0. The Balaban J connectivity index is 1.66. The zero-order valence-electron chi connectivity index (χ0n) is 16.4. The van der Waals surface area contributed by atoms with E-state index in [0.717, 1.165) is 18.4 Å². The van der Waals surface area contributed by atoms with Crippen molar-refractivity contribution in [3.8, 4) is 0 Å². The Hall–Kier alpha value is -2.13. The Bertz CT molecular complexity index is 788. The third-order valence-corrected chi connectivity index (χ3v) is 5.63. The number of ketones is 1. The summed E-state index contributed by atoms with van der Waals surface area (Å²) in [4.78, 5) is 27.6. The maximum absolute atomic E-state index is 13.0. The van der Waals surface area contributed by atoms with E-state index >= 15 is 0 Å². The van der Waals surface area contributed by atoms with E-state index in [1.165, 1.54) is 25.7 Å². The highest BCUT2D eigenvalue weighted by Gasteiger charge is 2.55. The molecule has 0 radical (unpaired) electrons. The van der Waals surface area contributed by atoms with E-state index < -0.39 is 0 Å². The molecular formula is C24H28ClNO2. The summed E-state index contributed by atoms with van der Waals surface area (Å²) in [6, 6.07) is 16.1. The lowest BCUT2D eigenvalue weighted by atomic mass is 10.0. The van der Waals surface area contributed by atoms with Crippen LogP contribution in [0.1, 0.15) is 73.8 Å². The molecule has 2 aromatic carbocycles. The number of benzene rings is 2. The van der Waals surface area contributed by atoms with Crippen LogP contribution in [0.4, 0.5) is 0 Å². The Kier molecular flexibility index (Phi) is 7.27. The minimum absolute atomic E-state index is 0.0816. The van der Waals surface area contributed by atoms with E-state index in [2.05, 4.69) is 6.92 Å². The highest BCUT2D eigenvalue weighted by atomic mass is 35.5. The van der Waals surface area contributed by atoms with Crippen LogP contribution in [0.25, 0.3) is 0 Å². The monoisotopic (exact) mass is 397 g/mol. The zero-order valence-corrected chi connectivity index (χ0v) is 17.2. The van der Waals surface area contributed by atoms with E-state index in [0.29, 0.717) is 17.0 Å². The van der Waals surface area contributed by atoms with Gasteiger partial charge in [-0.05, 0) is 36.2 Å². The number of carbonyl (C=O) groups excluding carboxylic acids is 2. The number of amides is 1. The summed E-state index contributed by atoms with van der Waals surface area (Å²) in [5.74, 6) is 0.0848. The van der Waals surface area contributed by atoms with Crippen molar-refractivity contribution >= 4 is 23.3 Å². The van der Waals surface area contributed by atoms with Crippen LogP contribution in [-0.4, -0.2) is 22.6 Å². The molecule has 0 bridgehead atoms. The second kappa shape index (κ2) is 9.88. The molecule has 2 atom stereocenters. The van der Waals surface area contributed by atoms with E-state index in [4.69, 9.17) is 11.6 Å². The van der Waals surface area contributed by atoms with Crippen LogP contribution in [0, 0.1) is 0 Å². The zero-order chi connectivity index (χ0) is 19.9. The van der Waals surface area contributed by atoms with Gasteiger partial charge < -0.3 is 4.90 Å². The van der Waals surface area contributed by atoms with Gasteiger partial charge in [0.2, 0.25) is 0 Å². The van der Waals surface area contributed by atoms with Crippen molar-refractivity contribution in [3.63, 3.8) is 0 Å². The molecule has 148 valence electrons. The van der Waals surface area contributed by atoms with Gasteiger partial charge in [0.25, 0.3) is 5.91 Å². The summed E-state index contributed by atoms with van der Waals surface area (Å²) < 4.78 is 0. The molecule has 1 heterocycles. The predicted octanol–water partition coefficient (Wildman–Crippen LogP) is 6.23. The molecule has 1 aliphatic rings. The molecule has 4 heteroatoms. The average molecular weight is 398 g/mol. The quantitative estimate of drug-likeness (QED) is 0.352. The number of hydrogen-bond acceptors (Lipinski definition) is 2. The number of Topliss-reactive ketones (excluding diaryl/α,β-unsaturated/α-hetero) is 1. The van der Waals surface area contributed by atoms with E-state index in [1.54, 1.807) is 17.0 Å². The molecule has 1 saturated heterocycles. The Morgan fingerprint density at radius 1 is 0.893 bits per heavy atom. The fraction of sp³-hybridized carbons (Fsp3) is 0.417. The fourth-order valence-electron chi connectivity index (χ4n) is 3.78. The highest BCUT2D eigenvalue weighted by Crippen LogP contribution is 2.45. The summed E-state index contributed by atoms with van der Waals surface area (Å²) in [7, 11) is 0. The summed E-state index contributed by atoms with van der Waals surface area (Å²) in [5.41, 5.74) is 1.59. The molecule has 0 aromatic heterocycles. The summed E-state index contributed by atoms with van der Waals surface area (Å²) in [6.45, 7) is 2.20. The summed E-state index contributed by atoms with van der Waals surface area (Å²) in [6.07, 6.45) is 7.42. The normalized spacial score (nSPS) is 18.1. The lowest BCUT2D eigenvalue weighted by Gasteiger charge is -2.05. The van der Waals surface area contributed by atoms with E-state index in [9.17, 15) is 9.59 Å². The predicted molar refractivity (Wildman–Crippen MR) is 114 cm³/mol. The number of rotatable bonds is 10. The molecule has 2 aromatic rings. The molecule has 1 aliphatic heterocycles. The molecule has 1 amide bonds. The van der Waals surface area contributed by atoms with Gasteiger partial charge in [0.1, 0.15) is 6.04 Å². The van der Waals surface area contributed by atoms with Crippen LogP contribution in [0.3, 0.4) is 0 Å². The van der Waals surface area contributed by atoms with Crippen LogP contribution in [0.5, 0.6) is 0 Å². The molecular weight excluding hydrogens is 370 g/mol. The second-order valence-corrected chi connectivity index (χ2v) is 7.94. The third-order valence-electron chi connectivity index (χ3n) is 5.38. The minimum atomic E-state index is -0.357. The van der Waals surface area contributed by atoms with Gasteiger partial charge in [-0.25, -0.2) is 0 Å². The Morgan fingerprint density at radius 2 is 1.54 bits per heavy atom. The van der Waals surface area contributed by atoms with Gasteiger partial charge in [0.05, 0.1) is 6.04 Å². The SMILES string of the molecule is CCCCCCCCC(=O)C1C(c2ccc(Cl)cc2)N1C(=O)c1ccccc1. The molecule has 1 fully saturated rings. The number of halogens is 1. The van der Waals surface area contributed by atoms with Gasteiger partial charge in [0, 0.05) is 17.0 Å². The van der Waals surface area contributed by atoms with Gasteiger partial charge in [0.15, 0.2) is 5.78 Å². The maximum Gasteiger partial charge on any atom is 0.255 e. The van der Waals surface area contributed by atoms with Crippen LogP contribution >= 0.6 is 11.6 Å². The first-order valence-electron chi connectivity index (χ1n) is 10.3. The molecule has 0 aliphatic carbocycles. The van der Waals surface area contributed by atoms with Gasteiger partial charge in [-0.15, -0.1) is 0 Å². The van der Waals surface area contributed by atoms with Crippen molar-refractivity contribution in [3.05, 3.63) is 70.7 Å². The van der Waals surface area contributed by atoms with E-state index in [-0.39, 0.29) is 23.8 Å². The number of unbranched alkanes of at least 4 members (excludes halogenated alkanes) is 5. The van der Waals surface area contributed by atoms with Crippen molar-refractivity contribution in [1.82, 2.24) is 4.90 Å². The Labute approximate surface area is 172 Å². The van der Waals surface area contributed by atoms with Crippen LogP contribution < -0.4 is 0 Å². The van der Waals surface area contributed by atoms with Crippen molar-refractivity contribution in [2.24, 2.45) is 0 Å². The number of nitrogens with zero attached hydrogens (tertiary/aromatic N) is 1. The largest absolute Gasteiger partial charge is 0.317 e. The van der Waals surface area contributed by atoms with Crippen LogP contribution in [0.15, 0.2) is 54.6 Å². The van der Waals surface area contributed by atoms with E-state index in [1.807, 2.05) is 42.5 Å². The van der Waals surface area contributed by atoms with Crippen molar-refractivity contribution in [2.45, 2.75) is 64.0 Å². The van der Waals surface area contributed by atoms with Gasteiger partial charge in [-0.2, -0.15) is 0 Å². The Morgan fingerprint density at radius 3 is 2.21 bits per heavy atom. The molecule has 2 unspecified atom stereocenters. The third kappa shape index (κ3) is 5.02. The van der Waals surface area contributed by atoms with Gasteiger partial charge in [-0.1, -0.05) is 81.0 Å². The van der Waals surface area contributed by atoms with Gasteiger partial charge >= 0.3 is 0 Å². The van der Waals surface area contributed by atoms with Crippen molar-refractivity contribution < 1.29 is 9.59 Å². The first kappa shape index (κ1) is 20.6. The minimum Gasteiger partial charge on any atom is -0.317 e. The van der Waals surface area contributed by atoms with Crippen molar-refractivity contribution in [2.75, 3.05) is 0 Å². The van der Waals surface area contributed by atoms with Gasteiger partial charge in [-0.3, -0.25) is 9.59 Å². The topological polar surface area (TPSA) is 37.1 Å². The lowest BCUT2D eigenvalue weighted by molar-refractivity contribution is -0.119. The lowest BCUT2D eigenvalue weighted by Crippen LogP contribution is -2.18. The first-order valence-corrected chi connectivity index (χ1v) is 10.7. The first-order chi connectivity index (χ1) is 13.6. The molecule has 28 heavy (non-hydrogen) atoms. The molecule has 0 spiro atoms. The standard InChI is InChI=1S/C24H28ClNO2/c1-2-3-4-5-6-10-13-21(27)23-22(18-14-16-20(25)17-15-18)26(23)24(28)19-11-8-7-9-12-19/h7-9,11-12,14-17,22-23H,2-6,10,13H2,1H3. The average Bonchev–Trinajstić information content (AvgIpc) is 3.47. The molecule has 0 saturated carbocycles. The smallest absolute Gasteiger partial charge is 0.255 e.